The van der Waals surface area contributed by atoms with Crippen LogP contribution in [0.2, 0.25) is 0 Å². The quantitative estimate of drug-likeness (QED) is 0.578. The van der Waals surface area contributed by atoms with E-state index in [9.17, 15) is 4.79 Å². The first kappa shape index (κ1) is 14.5. The number of rotatable bonds is 3. The molecular formula is C20H16N2O2. The van der Waals surface area contributed by atoms with Gasteiger partial charge in [-0.1, -0.05) is 30.3 Å². The van der Waals surface area contributed by atoms with Crippen molar-refractivity contribution in [1.82, 2.24) is 9.38 Å². The molecule has 0 aliphatic rings. The Morgan fingerprint density at radius 3 is 2.71 bits per heavy atom. The minimum Gasteiger partial charge on any atom is -0.487 e. The van der Waals surface area contributed by atoms with Gasteiger partial charge in [0.2, 0.25) is 0 Å². The predicted octanol–water partition coefficient (Wildman–Crippen LogP) is 3.74. The second-order valence-electron chi connectivity index (χ2n) is 5.82. The Kier molecular flexibility index (Phi) is 3.50. The van der Waals surface area contributed by atoms with Gasteiger partial charge in [-0.3, -0.25) is 9.20 Å². The van der Waals surface area contributed by atoms with Crippen LogP contribution < -0.4 is 10.3 Å². The first-order valence-electron chi connectivity index (χ1n) is 7.80. The van der Waals surface area contributed by atoms with Gasteiger partial charge in [0.05, 0.1) is 5.69 Å². The molecule has 24 heavy (non-hydrogen) atoms. The molecule has 4 heteroatoms. The van der Waals surface area contributed by atoms with Crippen molar-refractivity contribution in [2.24, 2.45) is 0 Å². The summed E-state index contributed by atoms with van der Waals surface area (Å²) in [5.74, 6) is 0.764. The lowest BCUT2D eigenvalue weighted by molar-refractivity contribution is 0.301. The third-order valence-electron chi connectivity index (χ3n) is 3.98. The fraction of sp³-hybridized carbons (Fsp3) is 0.100. The number of ether oxygens (including phenoxy) is 1. The van der Waals surface area contributed by atoms with Crippen LogP contribution >= 0.6 is 0 Å². The standard InChI is InChI=1S/C20H16N2O2/c1-14-8-9-22-19(10-14)21-17(12-20(22)23)13-24-18-7-6-15-4-2-3-5-16(15)11-18/h2-12H,13H2,1H3. The molecule has 0 bridgehead atoms. The third-order valence-corrected chi connectivity index (χ3v) is 3.98. The number of nitrogens with zero attached hydrogens (tertiary/aromatic N) is 2. The summed E-state index contributed by atoms with van der Waals surface area (Å²) >= 11 is 0. The largest absolute Gasteiger partial charge is 0.487 e. The van der Waals surface area contributed by atoms with Crippen LogP contribution in [0.3, 0.4) is 0 Å². The van der Waals surface area contributed by atoms with E-state index in [4.69, 9.17) is 4.74 Å². The minimum absolute atomic E-state index is 0.0999. The molecule has 4 aromatic rings. The van der Waals surface area contributed by atoms with Gasteiger partial charge < -0.3 is 4.74 Å². The van der Waals surface area contributed by atoms with E-state index < -0.39 is 0 Å². The van der Waals surface area contributed by atoms with E-state index in [1.165, 1.54) is 15.9 Å². The molecule has 2 aromatic heterocycles. The first-order valence-corrected chi connectivity index (χ1v) is 7.80. The van der Waals surface area contributed by atoms with Crippen LogP contribution in [-0.2, 0) is 6.61 Å². The summed E-state index contributed by atoms with van der Waals surface area (Å²) in [6, 6.07) is 19.4. The Bertz CT molecular complexity index is 1100. The maximum Gasteiger partial charge on any atom is 0.258 e. The molecular weight excluding hydrogens is 300 g/mol. The van der Waals surface area contributed by atoms with Crippen molar-refractivity contribution in [2.75, 3.05) is 0 Å². The first-order chi connectivity index (χ1) is 11.7. The van der Waals surface area contributed by atoms with Crippen molar-refractivity contribution in [3.05, 3.63) is 88.5 Å². The Balaban J connectivity index is 1.62. The number of aromatic nitrogens is 2. The van der Waals surface area contributed by atoms with Crippen LogP contribution in [0, 0.1) is 6.92 Å². The van der Waals surface area contributed by atoms with Crippen LogP contribution in [0.4, 0.5) is 0 Å². The van der Waals surface area contributed by atoms with Crippen molar-refractivity contribution in [1.29, 1.82) is 0 Å². The Morgan fingerprint density at radius 2 is 1.83 bits per heavy atom. The minimum atomic E-state index is -0.0999. The summed E-state index contributed by atoms with van der Waals surface area (Å²) in [6.07, 6.45) is 1.74. The van der Waals surface area contributed by atoms with Crippen molar-refractivity contribution in [3.63, 3.8) is 0 Å². The van der Waals surface area contributed by atoms with E-state index in [0.717, 1.165) is 16.7 Å². The van der Waals surface area contributed by atoms with Crippen LogP contribution in [0.25, 0.3) is 16.4 Å². The monoisotopic (exact) mass is 316 g/mol. The zero-order valence-electron chi connectivity index (χ0n) is 13.3. The summed E-state index contributed by atoms with van der Waals surface area (Å²) in [6.45, 7) is 2.24. The molecule has 0 amide bonds. The molecule has 0 aliphatic heterocycles. The lowest BCUT2D eigenvalue weighted by Gasteiger charge is -2.08. The summed E-state index contributed by atoms with van der Waals surface area (Å²) < 4.78 is 7.36. The number of fused-ring (bicyclic) bond motifs is 2. The molecule has 0 saturated carbocycles. The van der Waals surface area contributed by atoms with E-state index in [1.54, 1.807) is 6.20 Å². The molecule has 0 radical (unpaired) electrons. The van der Waals surface area contributed by atoms with E-state index >= 15 is 0 Å². The molecule has 0 N–H and O–H groups in total. The molecule has 0 atom stereocenters. The maximum absolute atomic E-state index is 12.2. The van der Waals surface area contributed by atoms with Gasteiger partial charge in [0.25, 0.3) is 5.56 Å². The molecule has 2 aromatic carbocycles. The van der Waals surface area contributed by atoms with Crippen molar-refractivity contribution in [3.8, 4) is 5.75 Å². The molecule has 0 spiro atoms. The highest BCUT2D eigenvalue weighted by atomic mass is 16.5. The van der Waals surface area contributed by atoms with Crippen LogP contribution in [-0.4, -0.2) is 9.38 Å². The average Bonchev–Trinajstić information content (AvgIpc) is 2.59. The van der Waals surface area contributed by atoms with Crippen molar-refractivity contribution < 1.29 is 4.74 Å². The summed E-state index contributed by atoms with van der Waals surface area (Å²) in [5, 5.41) is 2.29. The maximum atomic E-state index is 12.2. The van der Waals surface area contributed by atoms with Crippen molar-refractivity contribution >= 4 is 16.4 Å². The average molecular weight is 316 g/mol. The van der Waals surface area contributed by atoms with Gasteiger partial charge in [0.15, 0.2) is 0 Å². The highest BCUT2D eigenvalue weighted by Crippen LogP contribution is 2.21. The number of aryl methyl sites for hydroxylation is 1. The van der Waals surface area contributed by atoms with E-state index in [1.807, 2.05) is 55.5 Å². The Labute approximate surface area is 139 Å². The third kappa shape index (κ3) is 2.74. The number of pyridine rings is 1. The number of hydrogen-bond acceptors (Lipinski definition) is 3. The fourth-order valence-electron chi connectivity index (χ4n) is 2.74. The van der Waals surface area contributed by atoms with Gasteiger partial charge in [-0.15, -0.1) is 0 Å². The summed E-state index contributed by atoms with van der Waals surface area (Å²) in [7, 11) is 0. The second kappa shape index (κ2) is 5.81. The Hall–Kier alpha value is -3.14. The molecule has 118 valence electrons. The normalized spacial score (nSPS) is 11.0. The highest BCUT2D eigenvalue weighted by molar-refractivity contribution is 5.83. The van der Waals surface area contributed by atoms with Gasteiger partial charge in [-0.2, -0.15) is 0 Å². The van der Waals surface area contributed by atoms with Crippen LogP contribution in [0.1, 0.15) is 11.3 Å². The zero-order valence-corrected chi connectivity index (χ0v) is 13.3. The molecule has 0 saturated heterocycles. The summed E-state index contributed by atoms with van der Waals surface area (Å²) in [5.41, 5.74) is 2.23. The Morgan fingerprint density at radius 1 is 1.00 bits per heavy atom. The molecule has 2 heterocycles. The van der Waals surface area contributed by atoms with Gasteiger partial charge in [-0.05, 0) is 47.5 Å². The zero-order chi connectivity index (χ0) is 16.5. The lowest BCUT2D eigenvalue weighted by Crippen LogP contribution is -2.16. The SMILES string of the molecule is Cc1ccn2c(=O)cc(COc3ccc4ccccc4c3)nc2c1. The van der Waals surface area contributed by atoms with Gasteiger partial charge >= 0.3 is 0 Å². The number of hydrogen-bond donors (Lipinski definition) is 0. The van der Waals surface area contributed by atoms with Crippen LogP contribution in [0.15, 0.2) is 71.7 Å². The van der Waals surface area contributed by atoms with E-state index in [0.29, 0.717) is 11.3 Å². The highest BCUT2D eigenvalue weighted by Gasteiger charge is 2.04. The lowest BCUT2D eigenvalue weighted by atomic mass is 10.1. The second-order valence-corrected chi connectivity index (χ2v) is 5.82. The van der Waals surface area contributed by atoms with Crippen LogP contribution in [0.5, 0.6) is 5.75 Å². The van der Waals surface area contributed by atoms with Gasteiger partial charge in [0.1, 0.15) is 18.0 Å². The van der Waals surface area contributed by atoms with Gasteiger partial charge in [0, 0.05) is 12.3 Å². The molecule has 0 unspecified atom stereocenters. The predicted molar refractivity (Wildman–Crippen MR) is 94.5 cm³/mol. The smallest absolute Gasteiger partial charge is 0.258 e. The molecule has 0 aliphatic carbocycles. The van der Waals surface area contributed by atoms with Crippen molar-refractivity contribution in [2.45, 2.75) is 13.5 Å². The van der Waals surface area contributed by atoms with E-state index in [2.05, 4.69) is 11.1 Å². The number of benzene rings is 2. The summed E-state index contributed by atoms with van der Waals surface area (Å²) in [4.78, 5) is 16.7. The fourth-order valence-corrected chi connectivity index (χ4v) is 2.74. The topological polar surface area (TPSA) is 43.6 Å². The van der Waals surface area contributed by atoms with Gasteiger partial charge in [-0.25, -0.2) is 4.98 Å². The molecule has 4 nitrogen and oxygen atoms in total. The molecule has 0 fully saturated rings. The molecule has 4 rings (SSSR count). The van der Waals surface area contributed by atoms with E-state index in [-0.39, 0.29) is 12.2 Å².